The number of benzene rings is 2. The second-order valence-corrected chi connectivity index (χ2v) is 8.41. The van der Waals surface area contributed by atoms with Crippen LogP contribution in [0.15, 0.2) is 67.0 Å². The Hall–Kier alpha value is -3.12. The van der Waals surface area contributed by atoms with Crippen LogP contribution in [0.4, 0.5) is 4.79 Å². The molecule has 0 radical (unpaired) electrons. The van der Waals surface area contributed by atoms with Crippen molar-refractivity contribution in [3.63, 3.8) is 0 Å². The van der Waals surface area contributed by atoms with Gasteiger partial charge in [0.1, 0.15) is 0 Å². The fourth-order valence-electron chi connectivity index (χ4n) is 3.90. The van der Waals surface area contributed by atoms with Crippen molar-refractivity contribution in [1.29, 1.82) is 0 Å². The van der Waals surface area contributed by atoms with Gasteiger partial charge in [-0.3, -0.25) is 4.90 Å². The Kier molecular flexibility index (Phi) is 5.86. The molecule has 0 spiro atoms. The van der Waals surface area contributed by atoms with Crippen LogP contribution in [0.2, 0.25) is 0 Å². The number of hydrogen-bond acceptors (Lipinski definition) is 3. The van der Waals surface area contributed by atoms with Crippen molar-refractivity contribution in [1.82, 2.24) is 25.3 Å². The molecule has 0 aliphatic carbocycles. The van der Waals surface area contributed by atoms with Crippen LogP contribution in [-0.2, 0) is 19.5 Å². The molecule has 2 N–H and O–H groups in total. The maximum absolute atomic E-state index is 12.4. The van der Waals surface area contributed by atoms with Gasteiger partial charge in [0.15, 0.2) is 0 Å². The summed E-state index contributed by atoms with van der Waals surface area (Å²) in [5.74, 6) is 0. The standard InChI is InChI=1S/C24H29N5O/c1-24(2,28-14-11-20-8-3-4-9-21(20)17-28)18-26-23(30)25-16-19-7-5-10-22(15-19)29-13-6-12-27-29/h3-10,12-13,15H,11,14,16-18H2,1-2H3,(H2,25,26,30). The number of rotatable bonds is 6. The Morgan fingerprint density at radius 1 is 1.07 bits per heavy atom. The summed E-state index contributed by atoms with van der Waals surface area (Å²) in [6, 6.07) is 18.4. The zero-order valence-corrected chi connectivity index (χ0v) is 17.6. The number of nitrogens with one attached hydrogen (secondary N) is 2. The van der Waals surface area contributed by atoms with Crippen molar-refractivity contribution >= 4 is 6.03 Å². The van der Waals surface area contributed by atoms with Gasteiger partial charge in [-0.15, -0.1) is 0 Å². The molecule has 6 heteroatoms. The van der Waals surface area contributed by atoms with Gasteiger partial charge in [-0.2, -0.15) is 5.10 Å². The van der Waals surface area contributed by atoms with Crippen LogP contribution in [0.3, 0.4) is 0 Å². The van der Waals surface area contributed by atoms with E-state index >= 15 is 0 Å². The lowest BCUT2D eigenvalue weighted by molar-refractivity contribution is 0.104. The van der Waals surface area contributed by atoms with Gasteiger partial charge < -0.3 is 10.6 Å². The monoisotopic (exact) mass is 403 g/mol. The highest BCUT2D eigenvalue weighted by Crippen LogP contribution is 2.24. The van der Waals surface area contributed by atoms with Crippen molar-refractivity contribution in [2.75, 3.05) is 13.1 Å². The van der Waals surface area contributed by atoms with Crippen LogP contribution in [0.5, 0.6) is 0 Å². The van der Waals surface area contributed by atoms with Gasteiger partial charge in [-0.25, -0.2) is 9.48 Å². The van der Waals surface area contributed by atoms with Crippen LogP contribution in [-0.4, -0.2) is 39.3 Å². The number of fused-ring (bicyclic) bond motifs is 1. The summed E-state index contributed by atoms with van der Waals surface area (Å²) < 4.78 is 1.81. The highest BCUT2D eigenvalue weighted by atomic mass is 16.2. The summed E-state index contributed by atoms with van der Waals surface area (Å²) in [7, 11) is 0. The fraction of sp³-hybridized carbons (Fsp3) is 0.333. The molecule has 2 heterocycles. The number of aromatic nitrogens is 2. The van der Waals surface area contributed by atoms with Gasteiger partial charge in [0.05, 0.1) is 5.69 Å². The number of carbonyl (C=O) groups is 1. The summed E-state index contributed by atoms with van der Waals surface area (Å²) >= 11 is 0. The molecule has 1 aromatic heterocycles. The SMILES string of the molecule is CC(C)(CNC(=O)NCc1cccc(-n2cccn2)c1)N1CCc2ccccc2C1. The first-order valence-corrected chi connectivity index (χ1v) is 10.4. The molecule has 0 saturated heterocycles. The van der Waals surface area contributed by atoms with E-state index in [1.54, 1.807) is 6.20 Å². The molecule has 0 bridgehead atoms. The largest absolute Gasteiger partial charge is 0.336 e. The summed E-state index contributed by atoms with van der Waals surface area (Å²) in [4.78, 5) is 14.8. The molecule has 0 saturated carbocycles. The van der Waals surface area contributed by atoms with Gasteiger partial charge in [-0.1, -0.05) is 36.4 Å². The van der Waals surface area contributed by atoms with Gasteiger partial charge >= 0.3 is 6.03 Å². The number of urea groups is 1. The van der Waals surface area contributed by atoms with E-state index in [0.717, 1.165) is 30.8 Å². The van der Waals surface area contributed by atoms with E-state index in [1.165, 1.54) is 11.1 Å². The molecule has 4 rings (SSSR count). The Morgan fingerprint density at radius 3 is 2.70 bits per heavy atom. The molecule has 0 fully saturated rings. The normalized spacial score (nSPS) is 14.2. The van der Waals surface area contributed by atoms with Gasteiger partial charge in [-0.05, 0) is 55.2 Å². The Bertz CT molecular complexity index is 996. The smallest absolute Gasteiger partial charge is 0.315 e. The third-order valence-electron chi connectivity index (χ3n) is 5.80. The molecule has 0 atom stereocenters. The maximum Gasteiger partial charge on any atom is 0.315 e. The van der Waals surface area contributed by atoms with E-state index < -0.39 is 0 Å². The lowest BCUT2D eigenvalue weighted by Gasteiger charge is -2.41. The minimum Gasteiger partial charge on any atom is -0.336 e. The Balaban J connectivity index is 1.28. The van der Waals surface area contributed by atoms with Crippen molar-refractivity contribution in [3.05, 3.63) is 83.7 Å². The predicted molar refractivity (Wildman–Crippen MR) is 118 cm³/mol. The van der Waals surface area contributed by atoms with E-state index in [0.29, 0.717) is 13.1 Å². The number of carbonyl (C=O) groups excluding carboxylic acids is 1. The van der Waals surface area contributed by atoms with Crippen LogP contribution < -0.4 is 10.6 Å². The molecular formula is C24H29N5O. The molecule has 156 valence electrons. The van der Waals surface area contributed by atoms with E-state index in [4.69, 9.17) is 0 Å². The average Bonchev–Trinajstić information content (AvgIpc) is 3.31. The molecule has 6 nitrogen and oxygen atoms in total. The Labute approximate surface area is 177 Å². The molecule has 30 heavy (non-hydrogen) atoms. The number of amides is 2. The molecular weight excluding hydrogens is 374 g/mol. The molecule has 1 aliphatic heterocycles. The quantitative estimate of drug-likeness (QED) is 0.662. The molecule has 3 aromatic rings. The third-order valence-corrected chi connectivity index (χ3v) is 5.80. The van der Waals surface area contributed by atoms with E-state index in [-0.39, 0.29) is 11.6 Å². The van der Waals surface area contributed by atoms with Gasteiger partial charge in [0.2, 0.25) is 0 Å². The number of nitrogens with zero attached hydrogens (tertiary/aromatic N) is 3. The maximum atomic E-state index is 12.4. The lowest BCUT2D eigenvalue weighted by Crippen LogP contribution is -2.54. The van der Waals surface area contributed by atoms with Crippen molar-refractivity contribution in [2.24, 2.45) is 0 Å². The van der Waals surface area contributed by atoms with Crippen LogP contribution in [0, 0.1) is 0 Å². The van der Waals surface area contributed by atoms with Crippen LogP contribution in [0.1, 0.15) is 30.5 Å². The fourth-order valence-corrected chi connectivity index (χ4v) is 3.90. The van der Waals surface area contributed by atoms with E-state index in [2.05, 4.69) is 58.7 Å². The summed E-state index contributed by atoms with van der Waals surface area (Å²) in [5, 5.41) is 10.3. The van der Waals surface area contributed by atoms with Crippen molar-refractivity contribution < 1.29 is 4.79 Å². The molecule has 0 unspecified atom stereocenters. The highest BCUT2D eigenvalue weighted by molar-refractivity contribution is 5.73. The van der Waals surface area contributed by atoms with Gasteiger partial charge in [0, 0.05) is 44.1 Å². The zero-order valence-electron chi connectivity index (χ0n) is 17.6. The van der Waals surface area contributed by atoms with E-state index in [1.807, 2.05) is 41.2 Å². The van der Waals surface area contributed by atoms with Crippen molar-refractivity contribution in [3.8, 4) is 5.69 Å². The topological polar surface area (TPSA) is 62.2 Å². The lowest BCUT2D eigenvalue weighted by atomic mass is 9.94. The van der Waals surface area contributed by atoms with Crippen LogP contribution in [0.25, 0.3) is 5.69 Å². The second-order valence-electron chi connectivity index (χ2n) is 8.41. The third kappa shape index (κ3) is 4.71. The van der Waals surface area contributed by atoms with Crippen molar-refractivity contribution in [2.45, 2.75) is 38.9 Å². The van der Waals surface area contributed by atoms with Crippen LogP contribution >= 0.6 is 0 Å². The minimum absolute atomic E-state index is 0.120. The first-order valence-electron chi connectivity index (χ1n) is 10.4. The zero-order chi connectivity index (χ0) is 21.0. The summed E-state index contributed by atoms with van der Waals surface area (Å²) in [6.45, 7) is 7.37. The highest BCUT2D eigenvalue weighted by Gasteiger charge is 2.30. The number of hydrogen-bond donors (Lipinski definition) is 2. The van der Waals surface area contributed by atoms with Gasteiger partial charge in [0.25, 0.3) is 0 Å². The summed E-state index contributed by atoms with van der Waals surface area (Å²) in [6.07, 6.45) is 4.71. The first-order chi connectivity index (χ1) is 14.5. The first kappa shape index (κ1) is 20.2. The predicted octanol–water partition coefficient (Wildman–Crippen LogP) is 3.51. The molecule has 2 amide bonds. The average molecular weight is 404 g/mol. The van der Waals surface area contributed by atoms with E-state index in [9.17, 15) is 4.79 Å². The Morgan fingerprint density at radius 2 is 1.90 bits per heavy atom. The second kappa shape index (κ2) is 8.71. The molecule has 2 aromatic carbocycles. The molecule has 1 aliphatic rings. The minimum atomic E-state index is -0.148. The summed E-state index contributed by atoms with van der Waals surface area (Å²) in [5.41, 5.74) is 4.72.